The van der Waals surface area contributed by atoms with Gasteiger partial charge in [-0.15, -0.1) is 0 Å². The second-order valence-corrected chi connectivity index (χ2v) is 3.80. The number of Topliss-reactive ketones (excluding diaryl/α,β-unsaturated/α-hetero) is 1. The molecule has 0 aromatic carbocycles. The molecule has 16 heavy (non-hydrogen) atoms. The number of hydrogen-bond donors (Lipinski definition) is 1. The van der Waals surface area contributed by atoms with Crippen molar-refractivity contribution in [2.24, 2.45) is 7.05 Å². The van der Waals surface area contributed by atoms with Crippen molar-refractivity contribution in [3.63, 3.8) is 0 Å². The van der Waals surface area contributed by atoms with Gasteiger partial charge in [0.25, 0.3) is 0 Å². The van der Waals surface area contributed by atoms with E-state index in [-0.39, 0.29) is 12.2 Å². The number of aryl methyl sites for hydroxylation is 2. The maximum atomic E-state index is 11.8. The number of aromatic nitrogens is 5. The van der Waals surface area contributed by atoms with E-state index in [0.29, 0.717) is 22.1 Å². The highest BCUT2D eigenvalue weighted by molar-refractivity contribution is 6.32. The van der Waals surface area contributed by atoms with Crippen LogP contribution in [0.5, 0.6) is 0 Å². The van der Waals surface area contributed by atoms with Crippen molar-refractivity contribution in [1.82, 2.24) is 25.2 Å². The highest BCUT2D eigenvalue weighted by atomic mass is 35.5. The third-order valence-corrected chi connectivity index (χ3v) is 2.78. The topological polar surface area (TPSA) is 76.5 Å². The number of H-pyrrole nitrogens is 1. The first-order chi connectivity index (χ1) is 7.59. The normalized spacial score (nSPS) is 10.7. The minimum Gasteiger partial charge on any atom is -0.292 e. The lowest BCUT2D eigenvalue weighted by Gasteiger charge is -1.99. The van der Waals surface area contributed by atoms with Crippen molar-refractivity contribution in [3.8, 4) is 0 Å². The average Bonchev–Trinajstić information content (AvgIpc) is 2.83. The molecule has 0 bridgehead atoms. The van der Waals surface area contributed by atoms with Crippen molar-refractivity contribution in [2.75, 3.05) is 0 Å². The smallest absolute Gasteiger partial charge is 0.190 e. The number of rotatable bonds is 3. The van der Waals surface area contributed by atoms with Crippen LogP contribution in [-0.2, 0) is 13.5 Å². The molecule has 2 rings (SSSR count). The van der Waals surface area contributed by atoms with Crippen molar-refractivity contribution in [3.05, 3.63) is 28.3 Å². The Labute approximate surface area is 96.6 Å². The van der Waals surface area contributed by atoms with Crippen LogP contribution in [0.1, 0.15) is 21.9 Å². The van der Waals surface area contributed by atoms with Crippen LogP contribution in [0, 0.1) is 6.92 Å². The fourth-order valence-corrected chi connectivity index (χ4v) is 1.68. The summed E-state index contributed by atoms with van der Waals surface area (Å²) in [6.07, 6.45) is 1.56. The van der Waals surface area contributed by atoms with E-state index >= 15 is 0 Å². The summed E-state index contributed by atoms with van der Waals surface area (Å²) >= 11 is 6.04. The molecule has 7 heteroatoms. The van der Waals surface area contributed by atoms with Crippen LogP contribution in [0.15, 0.2) is 6.20 Å². The zero-order valence-electron chi connectivity index (χ0n) is 8.86. The molecule has 0 unspecified atom stereocenters. The minimum atomic E-state index is -0.140. The van der Waals surface area contributed by atoms with E-state index in [0.717, 1.165) is 0 Å². The fourth-order valence-electron chi connectivity index (χ4n) is 1.45. The van der Waals surface area contributed by atoms with Crippen LogP contribution < -0.4 is 0 Å². The SMILES string of the molecule is Cc1nn(C)c(CC(=O)c2cn[nH]n2)c1Cl. The third-order valence-electron chi connectivity index (χ3n) is 2.29. The Hall–Kier alpha value is -1.69. The number of halogens is 1. The zero-order valence-corrected chi connectivity index (χ0v) is 9.62. The van der Waals surface area contributed by atoms with Crippen molar-refractivity contribution in [2.45, 2.75) is 13.3 Å². The summed E-state index contributed by atoms with van der Waals surface area (Å²) in [6.45, 7) is 1.80. The van der Waals surface area contributed by atoms with E-state index in [9.17, 15) is 4.79 Å². The lowest BCUT2D eigenvalue weighted by atomic mass is 10.1. The van der Waals surface area contributed by atoms with E-state index in [4.69, 9.17) is 11.6 Å². The molecule has 0 saturated heterocycles. The molecule has 1 N–H and O–H groups in total. The molecular weight excluding hydrogens is 230 g/mol. The Kier molecular flexibility index (Phi) is 2.74. The van der Waals surface area contributed by atoms with Gasteiger partial charge in [0, 0.05) is 7.05 Å². The number of carbonyl (C=O) groups excluding carboxylic acids is 1. The van der Waals surface area contributed by atoms with Crippen molar-refractivity contribution >= 4 is 17.4 Å². The van der Waals surface area contributed by atoms with Crippen molar-refractivity contribution < 1.29 is 4.79 Å². The molecule has 0 atom stereocenters. The Morgan fingerprint density at radius 1 is 1.62 bits per heavy atom. The number of carbonyl (C=O) groups is 1. The summed E-state index contributed by atoms with van der Waals surface area (Å²) in [5, 5.41) is 14.4. The van der Waals surface area contributed by atoms with Crippen LogP contribution >= 0.6 is 11.6 Å². The predicted octanol–water partition coefficient (Wildman–Crippen LogP) is 0.925. The summed E-state index contributed by atoms with van der Waals surface area (Å²) in [7, 11) is 1.75. The molecule has 0 amide bonds. The van der Waals surface area contributed by atoms with Gasteiger partial charge in [0.15, 0.2) is 5.78 Å². The average molecular weight is 240 g/mol. The van der Waals surface area contributed by atoms with Gasteiger partial charge in [0.05, 0.1) is 29.0 Å². The van der Waals surface area contributed by atoms with Crippen LogP contribution in [0.2, 0.25) is 5.02 Å². The largest absolute Gasteiger partial charge is 0.292 e. The number of hydrogen-bond acceptors (Lipinski definition) is 4. The lowest BCUT2D eigenvalue weighted by Crippen LogP contribution is -2.08. The number of ketones is 1. The monoisotopic (exact) mass is 239 g/mol. The van der Waals surface area contributed by atoms with Crippen molar-refractivity contribution in [1.29, 1.82) is 0 Å². The first-order valence-corrected chi connectivity index (χ1v) is 5.04. The van der Waals surface area contributed by atoms with Crippen LogP contribution in [0.4, 0.5) is 0 Å². The Bertz CT molecular complexity index is 516. The van der Waals surface area contributed by atoms with E-state index in [1.54, 1.807) is 18.7 Å². The van der Waals surface area contributed by atoms with Gasteiger partial charge in [-0.25, -0.2) is 0 Å². The summed E-state index contributed by atoms with van der Waals surface area (Å²) in [5.74, 6) is -0.140. The summed E-state index contributed by atoms with van der Waals surface area (Å²) in [4.78, 5) is 11.8. The van der Waals surface area contributed by atoms with Crippen LogP contribution in [0.25, 0.3) is 0 Å². The molecule has 0 spiro atoms. The second-order valence-electron chi connectivity index (χ2n) is 3.42. The Balaban J connectivity index is 2.25. The van der Waals surface area contributed by atoms with E-state index < -0.39 is 0 Å². The Morgan fingerprint density at radius 3 is 2.88 bits per heavy atom. The summed E-state index contributed by atoms with van der Waals surface area (Å²) in [6, 6.07) is 0. The van der Waals surface area contributed by atoms with Gasteiger partial charge in [0.2, 0.25) is 0 Å². The number of nitrogens with one attached hydrogen (secondary N) is 1. The second kappa shape index (κ2) is 4.05. The molecule has 0 saturated carbocycles. The molecule has 0 aliphatic carbocycles. The first-order valence-electron chi connectivity index (χ1n) is 4.66. The Morgan fingerprint density at radius 2 is 2.38 bits per heavy atom. The van der Waals surface area contributed by atoms with Crippen LogP contribution in [-0.4, -0.2) is 31.0 Å². The maximum absolute atomic E-state index is 11.8. The van der Waals surface area contributed by atoms with E-state index in [1.165, 1.54) is 6.20 Å². The molecular formula is C9H10ClN5O. The molecule has 0 aliphatic heterocycles. The zero-order chi connectivity index (χ0) is 11.7. The van der Waals surface area contributed by atoms with Gasteiger partial charge in [-0.05, 0) is 6.92 Å². The molecule has 2 aromatic rings. The van der Waals surface area contributed by atoms with Gasteiger partial charge in [-0.3, -0.25) is 9.48 Å². The van der Waals surface area contributed by atoms with Gasteiger partial charge in [0.1, 0.15) is 5.69 Å². The van der Waals surface area contributed by atoms with Crippen LogP contribution in [0.3, 0.4) is 0 Å². The lowest BCUT2D eigenvalue weighted by molar-refractivity contribution is 0.0986. The highest BCUT2D eigenvalue weighted by Crippen LogP contribution is 2.20. The van der Waals surface area contributed by atoms with Gasteiger partial charge < -0.3 is 0 Å². The standard InChI is InChI=1S/C9H10ClN5O/c1-5-9(10)7(15(2)13-5)3-8(16)6-4-11-14-12-6/h4H,3H2,1-2H3,(H,11,12,14). The predicted molar refractivity (Wildman–Crippen MR) is 57.4 cm³/mol. The minimum absolute atomic E-state index is 0.140. The maximum Gasteiger partial charge on any atom is 0.190 e. The van der Waals surface area contributed by atoms with E-state index in [2.05, 4.69) is 20.5 Å². The first kappa shape index (κ1) is 10.8. The molecule has 0 aliphatic rings. The molecule has 0 fully saturated rings. The fraction of sp³-hybridized carbons (Fsp3) is 0.333. The molecule has 2 heterocycles. The number of nitrogens with zero attached hydrogens (tertiary/aromatic N) is 4. The van der Waals surface area contributed by atoms with E-state index in [1.807, 2.05) is 0 Å². The quantitative estimate of drug-likeness (QED) is 0.809. The van der Waals surface area contributed by atoms with Gasteiger partial charge in [-0.1, -0.05) is 11.6 Å². The summed E-state index contributed by atoms with van der Waals surface area (Å²) < 4.78 is 1.61. The molecule has 0 radical (unpaired) electrons. The highest BCUT2D eigenvalue weighted by Gasteiger charge is 2.17. The molecule has 6 nitrogen and oxygen atoms in total. The number of aromatic amines is 1. The molecule has 84 valence electrons. The third kappa shape index (κ3) is 1.83. The summed E-state index contributed by atoms with van der Waals surface area (Å²) in [5.41, 5.74) is 1.70. The molecule has 2 aromatic heterocycles. The van der Waals surface area contributed by atoms with Gasteiger partial charge in [-0.2, -0.15) is 20.5 Å². The van der Waals surface area contributed by atoms with Gasteiger partial charge >= 0.3 is 0 Å².